The Kier molecular flexibility index (Phi) is 4.62. The third kappa shape index (κ3) is 3.55. The molecule has 15 heavy (non-hydrogen) atoms. The molecule has 0 atom stereocenters. The second kappa shape index (κ2) is 5.75. The van der Waals surface area contributed by atoms with E-state index in [1.165, 1.54) is 0 Å². The maximum atomic E-state index is 10.5. The largest absolute Gasteiger partial charge is 0.481 e. The Hall–Kier alpha value is -1.03. The van der Waals surface area contributed by atoms with E-state index in [2.05, 4.69) is 15.9 Å². The van der Waals surface area contributed by atoms with Crippen LogP contribution in [-0.4, -0.2) is 24.2 Å². The average Bonchev–Trinajstić information content (AvgIpc) is 2.21. The van der Waals surface area contributed by atoms with E-state index in [0.717, 1.165) is 16.7 Å². The van der Waals surface area contributed by atoms with E-state index in [-0.39, 0.29) is 6.42 Å². The van der Waals surface area contributed by atoms with Crippen molar-refractivity contribution in [3.05, 3.63) is 28.7 Å². The van der Waals surface area contributed by atoms with Gasteiger partial charge in [0.05, 0.1) is 12.1 Å². The fourth-order valence-corrected chi connectivity index (χ4v) is 1.92. The Morgan fingerprint density at radius 1 is 1.47 bits per heavy atom. The lowest BCUT2D eigenvalue weighted by molar-refractivity contribution is -0.136. The molecule has 1 N–H and O–H groups in total. The molecule has 0 fully saturated rings. The van der Waals surface area contributed by atoms with Crippen molar-refractivity contribution in [1.82, 2.24) is 0 Å². The number of halogens is 1. The van der Waals surface area contributed by atoms with Gasteiger partial charge in [-0.15, -0.1) is 0 Å². The van der Waals surface area contributed by atoms with Crippen molar-refractivity contribution in [1.29, 1.82) is 0 Å². The van der Waals surface area contributed by atoms with E-state index in [9.17, 15) is 4.79 Å². The van der Waals surface area contributed by atoms with E-state index in [1.54, 1.807) is 0 Å². The molecule has 3 nitrogen and oxygen atoms in total. The van der Waals surface area contributed by atoms with E-state index in [1.807, 2.05) is 36.1 Å². The minimum absolute atomic E-state index is 0.162. The van der Waals surface area contributed by atoms with Crippen LogP contribution in [0.1, 0.15) is 13.3 Å². The lowest BCUT2D eigenvalue weighted by Gasteiger charge is -2.23. The van der Waals surface area contributed by atoms with Gasteiger partial charge in [0.15, 0.2) is 0 Å². The number of carbonyl (C=O) groups is 1. The fourth-order valence-electron chi connectivity index (χ4n) is 1.39. The lowest BCUT2D eigenvalue weighted by atomic mass is 10.2. The van der Waals surface area contributed by atoms with E-state index >= 15 is 0 Å². The second-order valence-corrected chi connectivity index (χ2v) is 4.03. The summed E-state index contributed by atoms with van der Waals surface area (Å²) in [5.41, 5.74) is 1.04. The zero-order valence-electron chi connectivity index (χ0n) is 8.61. The first-order valence-corrected chi connectivity index (χ1v) is 5.65. The SMILES string of the molecule is CCN(CCC(=O)O)c1ccccc1Br. The zero-order valence-corrected chi connectivity index (χ0v) is 10.2. The summed E-state index contributed by atoms with van der Waals surface area (Å²) in [6, 6.07) is 7.83. The Bertz CT molecular complexity index is 341. The quantitative estimate of drug-likeness (QED) is 0.896. The number of hydrogen-bond acceptors (Lipinski definition) is 2. The predicted octanol–water partition coefficient (Wildman–Crippen LogP) is 2.75. The van der Waals surface area contributed by atoms with Gasteiger partial charge in [-0.3, -0.25) is 4.79 Å². The van der Waals surface area contributed by atoms with Crippen molar-refractivity contribution in [3.8, 4) is 0 Å². The van der Waals surface area contributed by atoms with Gasteiger partial charge in [-0.25, -0.2) is 0 Å². The van der Waals surface area contributed by atoms with Gasteiger partial charge in [0, 0.05) is 17.6 Å². The van der Waals surface area contributed by atoms with Crippen molar-refractivity contribution in [3.63, 3.8) is 0 Å². The van der Waals surface area contributed by atoms with Crippen molar-refractivity contribution >= 4 is 27.6 Å². The number of carboxylic acids is 1. The van der Waals surface area contributed by atoms with Gasteiger partial charge in [-0.05, 0) is 35.0 Å². The molecule has 82 valence electrons. The van der Waals surface area contributed by atoms with Gasteiger partial charge in [0.25, 0.3) is 0 Å². The number of hydrogen-bond donors (Lipinski definition) is 1. The highest BCUT2D eigenvalue weighted by Crippen LogP contribution is 2.25. The van der Waals surface area contributed by atoms with Gasteiger partial charge >= 0.3 is 5.97 Å². The van der Waals surface area contributed by atoms with Gasteiger partial charge in [-0.2, -0.15) is 0 Å². The Morgan fingerprint density at radius 3 is 2.67 bits per heavy atom. The third-order valence-corrected chi connectivity index (χ3v) is 2.84. The van der Waals surface area contributed by atoms with Crippen LogP contribution in [-0.2, 0) is 4.79 Å². The number of rotatable bonds is 5. The van der Waals surface area contributed by atoms with Crippen LogP contribution in [0.15, 0.2) is 28.7 Å². The Balaban J connectivity index is 2.74. The smallest absolute Gasteiger partial charge is 0.305 e. The Morgan fingerprint density at radius 2 is 2.13 bits per heavy atom. The standard InChI is InChI=1S/C11H14BrNO2/c1-2-13(8-7-11(14)15)10-6-4-3-5-9(10)12/h3-6H,2,7-8H2,1H3,(H,14,15). The number of anilines is 1. The predicted molar refractivity (Wildman–Crippen MR) is 64.3 cm³/mol. The van der Waals surface area contributed by atoms with Gasteiger partial charge in [0.2, 0.25) is 0 Å². The molecule has 0 saturated carbocycles. The Labute approximate surface area is 97.8 Å². The minimum atomic E-state index is -0.763. The third-order valence-electron chi connectivity index (χ3n) is 2.17. The van der Waals surface area contributed by atoms with Crippen LogP contribution in [0, 0.1) is 0 Å². The minimum Gasteiger partial charge on any atom is -0.481 e. The van der Waals surface area contributed by atoms with Crippen LogP contribution in [0.5, 0.6) is 0 Å². The molecule has 1 aromatic rings. The van der Waals surface area contributed by atoms with Crippen LogP contribution in [0.4, 0.5) is 5.69 Å². The molecule has 0 bridgehead atoms. The van der Waals surface area contributed by atoms with Gasteiger partial charge in [0.1, 0.15) is 0 Å². The van der Waals surface area contributed by atoms with E-state index in [0.29, 0.717) is 6.54 Å². The van der Waals surface area contributed by atoms with Crippen molar-refractivity contribution in [2.45, 2.75) is 13.3 Å². The zero-order chi connectivity index (χ0) is 11.3. The highest BCUT2D eigenvalue weighted by Gasteiger charge is 2.08. The molecular formula is C11H14BrNO2. The molecule has 0 aliphatic rings. The van der Waals surface area contributed by atoms with Crippen LogP contribution < -0.4 is 4.90 Å². The monoisotopic (exact) mass is 271 g/mol. The molecular weight excluding hydrogens is 258 g/mol. The summed E-state index contributed by atoms with van der Waals surface area (Å²) in [6.07, 6.45) is 0.162. The molecule has 0 heterocycles. The second-order valence-electron chi connectivity index (χ2n) is 3.17. The number of para-hydroxylation sites is 1. The highest BCUT2D eigenvalue weighted by molar-refractivity contribution is 9.10. The van der Waals surface area contributed by atoms with Crippen molar-refractivity contribution < 1.29 is 9.90 Å². The first kappa shape index (κ1) is 12.0. The first-order chi connectivity index (χ1) is 7.15. The van der Waals surface area contributed by atoms with E-state index < -0.39 is 5.97 Å². The summed E-state index contributed by atoms with van der Waals surface area (Å²) < 4.78 is 0.997. The summed E-state index contributed by atoms with van der Waals surface area (Å²) in [4.78, 5) is 12.5. The number of nitrogens with zero attached hydrogens (tertiary/aromatic N) is 1. The van der Waals surface area contributed by atoms with Crippen molar-refractivity contribution in [2.24, 2.45) is 0 Å². The van der Waals surface area contributed by atoms with Crippen molar-refractivity contribution in [2.75, 3.05) is 18.0 Å². The summed E-state index contributed by atoms with van der Waals surface area (Å²) in [5.74, 6) is -0.763. The molecule has 0 aliphatic heterocycles. The maximum absolute atomic E-state index is 10.5. The topological polar surface area (TPSA) is 40.5 Å². The molecule has 1 rings (SSSR count). The highest BCUT2D eigenvalue weighted by atomic mass is 79.9. The fraction of sp³-hybridized carbons (Fsp3) is 0.364. The summed E-state index contributed by atoms with van der Waals surface area (Å²) in [6.45, 7) is 3.35. The number of aliphatic carboxylic acids is 1. The van der Waals surface area contributed by atoms with E-state index in [4.69, 9.17) is 5.11 Å². The van der Waals surface area contributed by atoms with Gasteiger partial charge in [-0.1, -0.05) is 12.1 Å². The van der Waals surface area contributed by atoms with Gasteiger partial charge < -0.3 is 10.0 Å². The molecule has 0 amide bonds. The summed E-state index contributed by atoms with van der Waals surface area (Å²) in [5, 5.41) is 8.64. The molecule has 0 spiro atoms. The average molecular weight is 272 g/mol. The maximum Gasteiger partial charge on any atom is 0.305 e. The normalized spacial score (nSPS) is 10.0. The molecule has 0 aliphatic carbocycles. The van der Waals surface area contributed by atoms with Crippen LogP contribution in [0.2, 0.25) is 0 Å². The van der Waals surface area contributed by atoms with Crippen LogP contribution in [0.25, 0.3) is 0 Å². The molecule has 0 saturated heterocycles. The molecule has 0 aromatic heterocycles. The molecule has 4 heteroatoms. The molecule has 0 radical (unpaired) electrons. The molecule has 0 unspecified atom stereocenters. The number of carboxylic acid groups (broad SMARTS) is 1. The van der Waals surface area contributed by atoms with Crippen LogP contribution in [0.3, 0.4) is 0 Å². The first-order valence-electron chi connectivity index (χ1n) is 4.86. The molecule has 1 aromatic carbocycles. The number of benzene rings is 1. The lowest BCUT2D eigenvalue weighted by Crippen LogP contribution is -2.25. The van der Waals surface area contributed by atoms with Crippen LogP contribution >= 0.6 is 15.9 Å². The summed E-state index contributed by atoms with van der Waals surface area (Å²) in [7, 11) is 0. The summed E-state index contributed by atoms with van der Waals surface area (Å²) >= 11 is 3.46.